The Morgan fingerprint density at radius 3 is 2.60 bits per heavy atom. The van der Waals surface area contributed by atoms with Gasteiger partial charge in [-0.1, -0.05) is 30.4 Å². The van der Waals surface area contributed by atoms with E-state index in [9.17, 15) is 4.79 Å². The van der Waals surface area contributed by atoms with Crippen LogP contribution in [0.15, 0.2) is 54.6 Å². The first-order chi connectivity index (χ1) is 9.79. The monoisotopic (exact) mass is 265 g/mol. The zero-order valence-corrected chi connectivity index (χ0v) is 11.2. The first-order valence-corrected chi connectivity index (χ1v) is 6.51. The number of hydrogen-bond donors (Lipinski definition) is 0. The van der Waals surface area contributed by atoms with Crippen molar-refractivity contribution in [2.75, 3.05) is 18.6 Å². The third-order valence-corrected chi connectivity index (χ3v) is 3.41. The van der Waals surface area contributed by atoms with Gasteiger partial charge >= 0.3 is 5.97 Å². The number of ether oxygens (including phenoxy) is 1. The minimum atomic E-state index is -0.310. The topological polar surface area (TPSA) is 29.5 Å². The Kier molecular flexibility index (Phi) is 3.25. The second kappa shape index (κ2) is 5.21. The van der Waals surface area contributed by atoms with Crippen molar-refractivity contribution in [1.82, 2.24) is 0 Å². The van der Waals surface area contributed by atoms with Gasteiger partial charge in [-0.15, -0.1) is 0 Å². The smallest absolute Gasteiger partial charge is 0.337 e. The molecule has 0 saturated carbocycles. The fraction of sp³-hybridized carbons (Fsp3) is 0.118. The molecule has 0 fully saturated rings. The van der Waals surface area contributed by atoms with Crippen LogP contribution in [0, 0.1) is 0 Å². The lowest BCUT2D eigenvalue weighted by Gasteiger charge is -2.28. The number of carbonyl (C=O) groups is 1. The summed E-state index contributed by atoms with van der Waals surface area (Å²) in [5.41, 5.74) is 4.02. The van der Waals surface area contributed by atoms with Crippen molar-refractivity contribution in [3.63, 3.8) is 0 Å². The van der Waals surface area contributed by atoms with E-state index in [-0.39, 0.29) is 5.97 Å². The van der Waals surface area contributed by atoms with Crippen LogP contribution in [0.1, 0.15) is 15.9 Å². The number of fused-ring (bicyclic) bond motifs is 1. The number of nitrogens with zero attached hydrogens (tertiary/aromatic N) is 1. The molecule has 0 aliphatic carbocycles. The molecule has 3 nitrogen and oxygen atoms in total. The number of benzene rings is 2. The van der Waals surface area contributed by atoms with Crippen LogP contribution >= 0.6 is 0 Å². The zero-order chi connectivity index (χ0) is 13.9. The lowest BCUT2D eigenvalue weighted by Crippen LogP contribution is -2.20. The highest BCUT2D eigenvalue weighted by molar-refractivity contribution is 5.90. The molecule has 0 amide bonds. The Labute approximate surface area is 118 Å². The van der Waals surface area contributed by atoms with Crippen molar-refractivity contribution in [2.24, 2.45) is 0 Å². The third kappa shape index (κ3) is 2.18. The fourth-order valence-corrected chi connectivity index (χ4v) is 2.40. The Morgan fingerprint density at radius 2 is 1.85 bits per heavy atom. The van der Waals surface area contributed by atoms with Gasteiger partial charge in [0.05, 0.1) is 12.7 Å². The molecule has 0 saturated heterocycles. The molecule has 0 unspecified atom stereocenters. The Hall–Kier alpha value is -2.55. The van der Waals surface area contributed by atoms with Crippen LogP contribution in [0.2, 0.25) is 0 Å². The van der Waals surface area contributed by atoms with Gasteiger partial charge in [0.15, 0.2) is 0 Å². The highest BCUT2D eigenvalue weighted by atomic mass is 16.5. The van der Waals surface area contributed by atoms with Crippen LogP contribution in [-0.2, 0) is 4.74 Å². The van der Waals surface area contributed by atoms with E-state index in [1.807, 2.05) is 24.3 Å². The van der Waals surface area contributed by atoms with E-state index < -0.39 is 0 Å². The maximum absolute atomic E-state index is 11.5. The average Bonchev–Trinajstić information content (AvgIpc) is 2.54. The first-order valence-electron chi connectivity index (χ1n) is 6.51. The predicted molar refractivity (Wildman–Crippen MR) is 80.3 cm³/mol. The standard InChI is InChI=1S/C17H15NO2/c1-20-17(19)14-8-10-15(11-9-14)18-12-4-6-13-5-2-3-7-16(13)18/h2-11H,12H2,1H3. The molecule has 0 aromatic heterocycles. The number of para-hydroxylation sites is 1. The minimum absolute atomic E-state index is 0.310. The number of hydrogen-bond acceptors (Lipinski definition) is 3. The van der Waals surface area contributed by atoms with E-state index in [1.54, 1.807) is 12.1 Å². The van der Waals surface area contributed by atoms with Gasteiger partial charge in [0.2, 0.25) is 0 Å². The van der Waals surface area contributed by atoms with Gasteiger partial charge in [0.1, 0.15) is 0 Å². The SMILES string of the molecule is COC(=O)c1ccc(N2CC=Cc3ccccc32)cc1. The molecule has 0 spiro atoms. The van der Waals surface area contributed by atoms with Crippen LogP contribution in [0.25, 0.3) is 6.08 Å². The van der Waals surface area contributed by atoms with Crippen LogP contribution in [0.3, 0.4) is 0 Å². The molecule has 0 radical (unpaired) electrons. The maximum Gasteiger partial charge on any atom is 0.337 e. The second-order valence-corrected chi connectivity index (χ2v) is 4.61. The molecule has 2 aromatic carbocycles. The normalized spacial score (nSPS) is 12.9. The molecule has 3 heteroatoms. The number of esters is 1. The summed E-state index contributed by atoms with van der Waals surface area (Å²) in [4.78, 5) is 13.7. The summed E-state index contributed by atoms with van der Waals surface area (Å²) in [5, 5.41) is 0. The van der Waals surface area contributed by atoms with Crippen molar-refractivity contribution >= 4 is 23.4 Å². The molecular weight excluding hydrogens is 250 g/mol. The number of methoxy groups -OCH3 is 1. The number of anilines is 2. The van der Waals surface area contributed by atoms with Gasteiger partial charge in [-0.25, -0.2) is 4.79 Å². The number of rotatable bonds is 2. The second-order valence-electron chi connectivity index (χ2n) is 4.61. The van der Waals surface area contributed by atoms with E-state index in [1.165, 1.54) is 18.4 Å². The summed E-state index contributed by atoms with van der Waals surface area (Å²) >= 11 is 0. The summed E-state index contributed by atoms with van der Waals surface area (Å²) in [5.74, 6) is -0.310. The fourth-order valence-electron chi connectivity index (χ4n) is 2.40. The van der Waals surface area contributed by atoms with Gasteiger partial charge in [-0.05, 0) is 35.9 Å². The van der Waals surface area contributed by atoms with Gasteiger partial charge in [0.25, 0.3) is 0 Å². The van der Waals surface area contributed by atoms with Crippen molar-refractivity contribution < 1.29 is 9.53 Å². The third-order valence-electron chi connectivity index (χ3n) is 3.41. The number of carbonyl (C=O) groups excluding carboxylic acids is 1. The summed E-state index contributed by atoms with van der Waals surface area (Å²) in [7, 11) is 1.39. The molecule has 2 aromatic rings. The lowest BCUT2D eigenvalue weighted by atomic mass is 10.1. The lowest BCUT2D eigenvalue weighted by molar-refractivity contribution is 0.0601. The zero-order valence-electron chi connectivity index (χ0n) is 11.2. The van der Waals surface area contributed by atoms with Crippen molar-refractivity contribution in [1.29, 1.82) is 0 Å². The van der Waals surface area contributed by atoms with Crippen LogP contribution in [-0.4, -0.2) is 19.6 Å². The summed E-state index contributed by atoms with van der Waals surface area (Å²) < 4.78 is 4.71. The summed E-state index contributed by atoms with van der Waals surface area (Å²) in [6, 6.07) is 15.8. The van der Waals surface area contributed by atoms with Gasteiger partial charge in [0, 0.05) is 17.9 Å². The van der Waals surface area contributed by atoms with Gasteiger partial charge < -0.3 is 9.64 Å². The average molecular weight is 265 g/mol. The van der Waals surface area contributed by atoms with Crippen LogP contribution in [0.4, 0.5) is 11.4 Å². The quantitative estimate of drug-likeness (QED) is 0.776. The molecule has 0 bridgehead atoms. The van der Waals surface area contributed by atoms with Crippen molar-refractivity contribution in [2.45, 2.75) is 0 Å². The Morgan fingerprint density at radius 1 is 1.10 bits per heavy atom. The molecule has 100 valence electrons. The van der Waals surface area contributed by atoms with E-state index in [2.05, 4.69) is 29.2 Å². The van der Waals surface area contributed by atoms with Gasteiger partial charge in [-0.3, -0.25) is 0 Å². The highest BCUT2D eigenvalue weighted by Crippen LogP contribution is 2.32. The first kappa shape index (κ1) is 12.5. The molecule has 20 heavy (non-hydrogen) atoms. The molecular formula is C17H15NO2. The highest BCUT2D eigenvalue weighted by Gasteiger charge is 2.14. The predicted octanol–water partition coefficient (Wildman–Crippen LogP) is 3.64. The molecule has 1 heterocycles. The van der Waals surface area contributed by atoms with E-state index in [4.69, 9.17) is 4.74 Å². The van der Waals surface area contributed by atoms with Crippen molar-refractivity contribution in [3.8, 4) is 0 Å². The minimum Gasteiger partial charge on any atom is -0.465 e. The van der Waals surface area contributed by atoms with Gasteiger partial charge in [-0.2, -0.15) is 0 Å². The molecule has 0 N–H and O–H groups in total. The molecule has 1 aliphatic heterocycles. The molecule has 1 aliphatic rings. The van der Waals surface area contributed by atoms with E-state index in [0.29, 0.717) is 5.56 Å². The molecule has 3 rings (SSSR count). The largest absolute Gasteiger partial charge is 0.465 e. The summed E-state index contributed by atoms with van der Waals surface area (Å²) in [6.45, 7) is 0.828. The van der Waals surface area contributed by atoms with E-state index in [0.717, 1.165) is 12.2 Å². The van der Waals surface area contributed by atoms with Crippen LogP contribution in [0.5, 0.6) is 0 Å². The Bertz CT molecular complexity index is 659. The maximum atomic E-state index is 11.5. The molecule has 0 atom stereocenters. The van der Waals surface area contributed by atoms with Crippen LogP contribution < -0.4 is 4.90 Å². The van der Waals surface area contributed by atoms with E-state index >= 15 is 0 Å². The Balaban J connectivity index is 1.94. The van der Waals surface area contributed by atoms with Crippen molar-refractivity contribution in [3.05, 3.63) is 65.7 Å². The summed E-state index contributed by atoms with van der Waals surface area (Å²) in [6.07, 6.45) is 4.27.